The lowest BCUT2D eigenvalue weighted by molar-refractivity contribution is 0.293. The molecule has 1 saturated carbocycles. The average Bonchev–Trinajstić information content (AvgIpc) is 2.94. The highest BCUT2D eigenvalue weighted by molar-refractivity contribution is 8.00. The van der Waals surface area contributed by atoms with Crippen LogP contribution in [0, 0.1) is 0 Å². The lowest BCUT2D eigenvalue weighted by Crippen LogP contribution is -2.53. The first-order chi connectivity index (χ1) is 10.7. The molecular formula is C15H26N6S. The number of hydrogen-bond acceptors (Lipinski definition) is 4. The molecule has 22 heavy (non-hydrogen) atoms. The second-order valence-corrected chi connectivity index (χ2v) is 7.84. The molecule has 1 N–H and O–H groups in total. The van der Waals surface area contributed by atoms with Crippen LogP contribution in [-0.4, -0.2) is 56.3 Å². The van der Waals surface area contributed by atoms with Gasteiger partial charge in [-0.15, -0.1) is 10.2 Å². The van der Waals surface area contributed by atoms with Gasteiger partial charge < -0.3 is 14.8 Å². The van der Waals surface area contributed by atoms with Crippen LogP contribution in [0.15, 0.2) is 11.3 Å². The van der Waals surface area contributed by atoms with Gasteiger partial charge in [-0.05, 0) is 12.8 Å². The fraction of sp³-hybridized carbons (Fsp3) is 0.800. The maximum absolute atomic E-state index is 4.48. The van der Waals surface area contributed by atoms with E-state index in [1.165, 1.54) is 37.9 Å². The second-order valence-electron chi connectivity index (χ2n) is 6.27. The molecule has 1 saturated heterocycles. The fourth-order valence-electron chi connectivity index (χ4n) is 3.48. The molecule has 6 nitrogen and oxygen atoms in total. The van der Waals surface area contributed by atoms with Gasteiger partial charge in [0.25, 0.3) is 0 Å². The van der Waals surface area contributed by atoms with E-state index in [1.807, 2.05) is 18.7 Å². The number of aryl methyl sites for hydroxylation is 1. The highest BCUT2D eigenvalue weighted by Crippen LogP contribution is 2.42. The Balaban J connectivity index is 1.62. The lowest BCUT2D eigenvalue weighted by atomic mass is 9.87. The Morgan fingerprint density at radius 1 is 1.41 bits per heavy atom. The molecule has 1 spiro atoms. The Bertz CT molecular complexity index is 514. The van der Waals surface area contributed by atoms with Gasteiger partial charge in [-0.3, -0.25) is 4.99 Å². The van der Waals surface area contributed by atoms with Crippen molar-refractivity contribution >= 4 is 17.7 Å². The SMILES string of the molecule is CN=C(NCc1nncn1C)N1CCSC2(CCCCC2)C1. The van der Waals surface area contributed by atoms with E-state index in [0.717, 1.165) is 24.9 Å². The van der Waals surface area contributed by atoms with E-state index in [4.69, 9.17) is 0 Å². The van der Waals surface area contributed by atoms with Gasteiger partial charge in [0.05, 0.1) is 6.54 Å². The minimum absolute atomic E-state index is 0.457. The molecule has 1 aliphatic carbocycles. The van der Waals surface area contributed by atoms with Gasteiger partial charge in [0, 0.05) is 37.7 Å². The lowest BCUT2D eigenvalue weighted by Gasteiger charge is -2.45. The van der Waals surface area contributed by atoms with Gasteiger partial charge >= 0.3 is 0 Å². The zero-order valence-corrected chi connectivity index (χ0v) is 14.4. The summed E-state index contributed by atoms with van der Waals surface area (Å²) in [7, 11) is 3.84. The van der Waals surface area contributed by atoms with E-state index in [-0.39, 0.29) is 0 Å². The molecule has 1 aromatic heterocycles. The molecule has 0 atom stereocenters. The second kappa shape index (κ2) is 6.89. The van der Waals surface area contributed by atoms with E-state index in [0.29, 0.717) is 11.3 Å². The standard InChI is InChI=1S/C15H26N6S/c1-16-14(17-10-13-19-18-12-20(13)2)21-8-9-22-15(11-21)6-4-3-5-7-15/h12H,3-11H2,1-2H3,(H,16,17). The topological polar surface area (TPSA) is 58.3 Å². The summed E-state index contributed by atoms with van der Waals surface area (Å²) in [4.78, 5) is 6.91. The van der Waals surface area contributed by atoms with Crippen molar-refractivity contribution in [2.75, 3.05) is 25.9 Å². The number of nitrogens with zero attached hydrogens (tertiary/aromatic N) is 5. The summed E-state index contributed by atoms with van der Waals surface area (Å²) in [5, 5.41) is 11.5. The summed E-state index contributed by atoms with van der Waals surface area (Å²) in [6, 6.07) is 0. The molecule has 2 fully saturated rings. The van der Waals surface area contributed by atoms with E-state index in [2.05, 4.69) is 37.2 Å². The predicted octanol–water partition coefficient (Wildman–Crippen LogP) is 1.64. The monoisotopic (exact) mass is 322 g/mol. The first-order valence-corrected chi connectivity index (χ1v) is 9.13. The number of aliphatic imine (C=N–C) groups is 1. The summed E-state index contributed by atoms with van der Waals surface area (Å²) < 4.78 is 2.40. The van der Waals surface area contributed by atoms with E-state index in [9.17, 15) is 0 Å². The van der Waals surface area contributed by atoms with Gasteiger partial charge in [-0.1, -0.05) is 19.3 Å². The van der Waals surface area contributed by atoms with Gasteiger partial charge in [-0.25, -0.2) is 0 Å². The maximum Gasteiger partial charge on any atom is 0.194 e. The summed E-state index contributed by atoms with van der Waals surface area (Å²) in [6.45, 7) is 2.86. The smallest absolute Gasteiger partial charge is 0.194 e. The Labute approximate surface area is 136 Å². The van der Waals surface area contributed by atoms with Crippen molar-refractivity contribution in [1.82, 2.24) is 25.0 Å². The molecule has 7 heteroatoms. The quantitative estimate of drug-likeness (QED) is 0.663. The van der Waals surface area contributed by atoms with Crippen molar-refractivity contribution in [2.45, 2.75) is 43.4 Å². The van der Waals surface area contributed by atoms with E-state index < -0.39 is 0 Å². The van der Waals surface area contributed by atoms with Crippen LogP contribution in [0.4, 0.5) is 0 Å². The molecule has 122 valence electrons. The molecule has 0 unspecified atom stereocenters. The van der Waals surface area contributed by atoms with Crippen LogP contribution in [0.3, 0.4) is 0 Å². The normalized spacial score (nSPS) is 22.1. The summed E-state index contributed by atoms with van der Waals surface area (Å²) in [6.07, 6.45) is 8.61. The van der Waals surface area contributed by atoms with Crippen molar-refractivity contribution in [1.29, 1.82) is 0 Å². The number of guanidine groups is 1. The molecule has 0 bridgehead atoms. The molecule has 2 heterocycles. The van der Waals surface area contributed by atoms with Crippen LogP contribution >= 0.6 is 11.8 Å². The Hall–Kier alpha value is -1.24. The third-order valence-corrected chi connectivity index (χ3v) is 6.27. The van der Waals surface area contributed by atoms with Crippen molar-refractivity contribution in [3.63, 3.8) is 0 Å². The third kappa shape index (κ3) is 3.39. The zero-order chi connectivity index (χ0) is 15.4. The highest BCUT2D eigenvalue weighted by Gasteiger charge is 2.38. The predicted molar refractivity (Wildman–Crippen MR) is 91.0 cm³/mol. The summed E-state index contributed by atoms with van der Waals surface area (Å²) in [5.41, 5.74) is 0. The number of thioether (sulfide) groups is 1. The fourth-order valence-corrected chi connectivity index (χ4v) is 5.05. The van der Waals surface area contributed by atoms with Crippen molar-refractivity contribution in [3.05, 3.63) is 12.2 Å². The first kappa shape index (κ1) is 15.6. The summed E-state index contributed by atoms with van der Waals surface area (Å²) >= 11 is 2.19. The van der Waals surface area contributed by atoms with Crippen LogP contribution in [0.25, 0.3) is 0 Å². The Morgan fingerprint density at radius 3 is 2.91 bits per heavy atom. The number of hydrogen-bond donors (Lipinski definition) is 1. The van der Waals surface area contributed by atoms with Gasteiger partial charge in [-0.2, -0.15) is 11.8 Å². The van der Waals surface area contributed by atoms with Crippen LogP contribution < -0.4 is 5.32 Å². The average molecular weight is 322 g/mol. The number of aromatic nitrogens is 3. The van der Waals surface area contributed by atoms with Crippen molar-refractivity contribution in [2.24, 2.45) is 12.0 Å². The number of nitrogens with one attached hydrogen (secondary N) is 1. The molecule has 0 amide bonds. The molecular weight excluding hydrogens is 296 g/mol. The zero-order valence-electron chi connectivity index (χ0n) is 13.6. The molecule has 2 aliphatic rings. The Kier molecular flexibility index (Phi) is 4.90. The van der Waals surface area contributed by atoms with Crippen LogP contribution in [0.2, 0.25) is 0 Å². The van der Waals surface area contributed by atoms with E-state index >= 15 is 0 Å². The van der Waals surface area contributed by atoms with Crippen molar-refractivity contribution < 1.29 is 0 Å². The minimum Gasteiger partial charge on any atom is -0.349 e. The largest absolute Gasteiger partial charge is 0.349 e. The first-order valence-electron chi connectivity index (χ1n) is 8.15. The highest BCUT2D eigenvalue weighted by atomic mass is 32.2. The van der Waals surface area contributed by atoms with E-state index in [1.54, 1.807) is 6.33 Å². The molecule has 0 aromatic carbocycles. The van der Waals surface area contributed by atoms with Crippen LogP contribution in [0.1, 0.15) is 37.9 Å². The van der Waals surface area contributed by atoms with Crippen LogP contribution in [-0.2, 0) is 13.6 Å². The maximum atomic E-state index is 4.48. The number of rotatable bonds is 2. The minimum atomic E-state index is 0.457. The van der Waals surface area contributed by atoms with Gasteiger partial charge in [0.15, 0.2) is 11.8 Å². The Morgan fingerprint density at radius 2 is 2.23 bits per heavy atom. The van der Waals surface area contributed by atoms with Gasteiger partial charge in [0.1, 0.15) is 6.33 Å². The third-order valence-electron chi connectivity index (χ3n) is 4.73. The molecule has 1 aromatic rings. The molecule has 1 aliphatic heterocycles. The van der Waals surface area contributed by atoms with Crippen LogP contribution in [0.5, 0.6) is 0 Å². The summed E-state index contributed by atoms with van der Waals surface area (Å²) in [5.74, 6) is 3.12. The molecule has 0 radical (unpaired) electrons. The molecule has 3 rings (SSSR count). The van der Waals surface area contributed by atoms with Crippen molar-refractivity contribution in [3.8, 4) is 0 Å². The van der Waals surface area contributed by atoms with Gasteiger partial charge in [0.2, 0.25) is 0 Å².